The van der Waals surface area contributed by atoms with Crippen molar-refractivity contribution in [3.63, 3.8) is 0 Å². The number of carbonyl (C=O) groups excluding carboxylic acids is 2. The van der Waals surface area contributed by atoms with Crippen molar-refractivity contribution in [2.45, 2.75) is 63.5 Å². The zero-order valence-electron chi connectivity index (χ0n) is 31.6. The molecule has 0 atom stereocenters. The second-order valence-electron chi connectivity index (χ2n) is 13.1. The number of halogens is 1. The van der Waals surface area contributed by atoms with Crippen LogP contribution >= 0.6 is 23.5 Å². The average Bonchev–Trinajstić information content (AvgIpc) is 3.99. The number of aromatic amines is 1. The molecule has 2 amide bonds. The Balaban J connectivity index is 0.000000266. The smallest absolute Gasteiger partial charge is 0.870 e. The molecular weight excluding hydrogens is 787 g/mol. The number of nitrogens with zero attached hydrogens (tertiary/aromatic N) is 3. The molecule has 2 aliphatic heterocycles. The van der Waals surface area contributed by atoms with Gasteiger partial charge in [-0.25, -0.2) is 14.4 Å². The van der Waals surface area contributed by atoms with Gasteiger partial charge in [-0.05, 0) is 110 Å². The van der Waals surface area contributed by atoms with E-state index in [4.69, 9.17) is 20.9 Å². The number of amides is 2. The normalized spacial score (nSPS) is 14.9. The first-order chi connectivity index (χ1) is 26.8. The van der Waals surface area contributed by atoms with Gasteiger partial charge in [0.05, 0.1) is 23.5 Å². The molecule has 0 spiro atoms. The molecule has 0 radical (unpaired) electrons. The summed E-state index contributed by atoms with van der Waals surface area (Å²) in [6.07, 6.45) is 13.0. The maximum atomic E-state index is 13.0. The predicted molar refractivity (Wildman–Crippen MR) is 220 cm³/mol. The number of hydrogen-bond donors (Lipinski definition) is 3. The summed E-state index contributed by atoms with van der Waals surface area (Å²) in [6.45, 7) is 2.21. The molecule has 0 saturated carbocycles. The number of rotatable bonds is 9. The zero-order valence-corrected chi connectivity index (χ0v) is 35.3. The number of nitrogens with two attached hydrogens (primary N) is 2. The van der Waals surface area contributed by atoms with Crippen molar-refractivity contribution in [1.29, 1.82) is 0 Å². The summed E-state index contributed by atoms with van der Waals surface area (Å²) in [6, 6.07) is 30.7. The van der Waals surface area contributed by atoms with Crippen molar-refractivity contribution < 1.29 is 58.5 Å². The molecule has 4 heterocycles. The maximum absolute atomic E-state index is 13.0. The third kappa shape index (κ3) is 12.4. The molecule has 2 aliphatic rings. The molecule has 0 bridgehead atoms. The van der Waals surface area contributed by atoms with E-state index in [0.717, 1.165) is 36.4 Å². The molecule has 11 nitrogen and oxygen atoms in total. The molecule has 58 heavy (non-hydrogen) atoms. The first kappa shape index (κ1) is 48.1. The molecule has 0 aliphatic carbocycles. The van der Waals surface area contributed by atoms with Gasteiger partial charge in [0.25, 0.3) is 0 Å². The van der Waals surface area contributed by atoms with Crippen LogP contribution in [0.1, 0.15) is 44.2 Å². The van der Waals surface area contributed by atoms with Gasteiger partial charge in [-0.15, -0.1) is 0 Å². The fourth-order valence-electron chi connectivity index (χ4n) is 6.60. The van der Waals surface area contributed by atoms with E-state index >= 15 is 0 Å². The monoisotopic (exact) mass is 834 g/mol. The van der Waals surface area contributed by atoms with E-state index in [1.807, 2.05) is 47.2 Å². The second-order valence-corrected chi connectivity index (χ2v) is 15.3. The first-order valence-electron chi connectivity index (χ1n) is 17.9. The average molecular weight is 835 g/mol. The van der Waals surface area contributed by atoms with Gasteiger partial charge in [0, 0.05) is 76.5 Å². The van der Waals surface area contributed by atoms with E-state index in [2.05, 4.69) is 51.4 Å². The molecule has 2 aromatic heterocycles. The van der Waals surface area contributed by atoms with Crippen LogP contribution in [0.5, 0.6) is 0 Å². The summed E-state index contributed by atoms with van der Waals surface area (Å²) in [5.41, 5.74) is 13.2. The molecule has 4 aromatic carbocycles. The van der Waals surface area contributed by atoms with Gasteiger partial charge in [-0.1, -0.05) is 55.2 Å². The van der Waals surface area contributed by atoms with Crippen LogP contribution in [0.2, 0.25) is 0 Å². The molecular formula is C43H48FN6NaO5S2. The number of carbonyl (C=O) groups is 2. The fourth-order valence-corrected chi connectivity index (χ4v) is 8.35. The van der Waals surface area contributed by atoms with Crippen molar-refractivity contribution in [3.05, 3.63) is 151 Å². The van der Waals surface area contributed by atoms with Gasteiger partial charge in [-0.3, -0.25) is 9.59 Å². The zero-order chi connectivity index (χ0) is 38.5. The molecule has 300 valence electrons. The first-order valence-corrected chi connectivity index (χ1v) is 19.5. The van der Waals surface area contributed by atoms with Crippen molar-refractivity contribution >= 4 is 35.3 Å². The summed E-state index contributed by atoms with van der Waals surface area (Å²) in [5.74, 6) is -0.819. The van der Waals surface area contributed by atoms with Crippen molar-refractivity contribution in [1.82, 2.24) is 19.5 Å². The van der Waals surface area contributed by atoms with Crippen LogP contribution in [0, 0.1) is 5.82 Å². The predicted octanol–water partition coefficient (Wildman–Crippen LogP) is 4.94. The second kappa shape index (κ2) is 23.4. The van der Waals surface area contributed by atoms with Gasteiger partial charge in [0.2, 0.25) is 11.8 Å². The topological polar surface area (TPSA) is 181 Å². The third-order valence-corrected chi connectivity index (χ3v) is 11.7. The van der Waals surface area contributed by atoms with Crippen molar-refractivity contribution in [2.24, 2.45) is 11.5 Å². The molecule has 2 saturated heterocycles. The van der Waals surface area contributed by atoms with E-state index in [0.29, 0.717) is 52.1 Å². The Morgan fingerprint density at radius 3 is 1.55 bits per heavy atom. The summed E-state index contributed by atoms with van der Waals surface area (Å²) in [7, 11) is 0. The summed E-state index contributed by atoms with van der Waals surface area (Å²) < 4.78 is 25.8. The number of hydrogen-bond acceptors (Lipinski definition) is 9. The van der Waals surface area contributed by atoms with Crippen LogP contribution in [0.25, 0.3) is 5.69 Å². The Kier molecular flexibility index (Phi) is 19.4. The SMILES string of the molecule is C.NC(=O)C1(c2cccc(Sc3ccc(-n4ccnc4)cc3)c2)CCOCC1.NC(=O)C1(c2cccc(Sc3ccc(F)cc3)c2)CCOCC1.[Na+].[OH-].c1c[nH]cn1. The van der Waals surface area contributed by atoms with Gasteiger partial charge in [0.15, 0.2) is 0 Å². The number of benzene rings is 4. The van der Waals surface area contributed by atoms with E-state index in [9.17, 15) is 14.0 Å². The molecule has 6 aromatic rings. The van der Waals surface area contributed by atoms with E-state index in [1.165, 1.54) is 23.9 Å². The number of aromatic nitrogens is 4. The van der Waals surface area contributed by atoms with Gasteiger partial charge in [-0.2, -0.15) is 0 Å². The van der Waals surface area contributed by atoms with Crippen LogP contribution in [0.3, 0.4) is 0 Å². The summed E-state index contributed by atoms with van der Waals surface area (Å²) >= 11 is 3.21. The number of H-pyrrole nitrogens is 1. The molecule has 2 fully saturated rings. The minimum atomic E-state index is -0.655. The van der Waals surface area contributed by atoms with Crippen LogP contribution < -0.4 is 41.0 Å². The fraction of sp³-hybridized carbons (Fsp3) is 0.256. The molecule has 15 heteroatoms. The van der Waals surface area contributed by atoms with Crippen LogP contribution in [-0.4, -0.2) is 63.2 Å². The quantitative estimate of drug-likeness (QED) is 0.170. The molecule has 8 rings (SSSR count). The summed E-state index contributed by atoms with van der Waals surface area (Å²) in [4.78, 5) is 39.0. The molecule has 0 unspecified atom stereocenters. The minimum Gasteiger partial charge on any atom is -0.870 e. The minimum absolute atomic E-state index is 0. The van der Waals surface area contributed by atoms with Gasteiger partial charge in [0.1, 0.15) is 5.82 Å². The number of ether oxygens (including phenoxy) is 2. The Bertz CT molecular complexity index is 2100. The third-order valence-electron chi connectivity index (χ3n) is 9.74. The van der Waals surface area contributed by atoms with Gasteiger partial charge < -0.3 is 36.0 Å². The van der Waals surface area contributed by atoms with E-state index in [1.54, 1.807) is 55.1 Å². The van der Waals surface area contributed by atoms with Crippen LogP contribution in [0.15, 0.2) is 154 Å². The van der Waals surface area contributed by atoms with Crippen LogP contribution in [0.4, 0.5) is 4.39 Å². The standard InChI is InChI=1S/C21H21N3O2S.C18H18FNO2S.C3H4N2.CH4.Na.H2O/c22-20(25)21(8-12-26-13-9-21)16-2-1-3-19(14-16)27-18-6-4-17(5-7-18)24-11-10-23-15-24;19-14-4-6-15(7-5-14)23-16-3-1-2-13(12-16)18(17(20)21)8-10-22-11-9-18;1-2-5-3-4-1;;;/h1-7,10-11,14-15H,8-9,12-13H2,(H2,22,25);1-7,12H,8-11H2,(H2,20,21);1-3H,(H,4,5);1H4;;1H2/q;;;;+1;/p-1. The van der Waals surface area contributed by atoms with Gasteiger partial charge >= 0.3 is 29.6 Å². The van der Waals surface area contributed by atoms with Crippen molar-refractivity contribution in [2.75, 3.05) is 26.4 Å². The Morgan fingerprint density at radius 1 is 0.690 bits per heavy atom. The Hall–Kier alpha value is -4.25. The number of primary amides is 2. The van der Waals surface area contributed by atoms with Crippen molar-refractivity contribution in [3.8, 4) is 5.69 Å². The Labute approximate surface area is 369 Å². The number of imidazole rings is 2. The van der Waals surface area contributed by atoms with Crippen LogP contribution in [-0.2, 0) is 29.9 Å². The Morgan fingerprint density at radius 2 is 1.17 bits per heavy atom. The van der Waals surface area contributed by atoms with E-state index in [-0.39, 0.29) is 60.1 Å². The van der Waals surface area contributed by atoms with E-state index < -0.39 is 10.8 Å². The number of nitrogens with one attached hydrogen (secondary N) is 1. The maximum Gasteiger partial charge on any atom is 1.00 e. The molecule has 6 N–H and O–H groups in total. The summed E-state index contributed by atoms with van der Waals surface area (Å²) in [5, 5.41) is 0. The largest absolute Gasteiger partial charge is 1.00 e.